The quantitative estimate of drug-likeness (QED) is 0.657. The molecule has 0 heterocycles. The van der Waals surface area contributed by atoms with Crippen LogP contribution in [0.25, 0.3) is 0 Å². The van der Waals surface area contributed by atoms with Crippen LogP contribution in [0, 0.1) is 22.7 Å². The highest BCUT2D eigenvalue weighted by Crippen LogP contribution is 2.09. The maximum Gasteiger partial charge on any atom is 0.101 e. The molecule has 0 aliphatic carbocycles. The van der Waals surface area contributed by atoms with Gasteiger partial charge in [-0.1, -0.05) is 6.07 Å². The molecule has 0 aliphatic rings. The molecule has 3 nitrogen and oxygen atoms in total. The fraction of sp³-hybridized carbons (Fsp3) is 0.111. The van der Waals surface area contributed by atoms with Crippen molar-refractivity contribution in [3.8, 4) is 12.1 Å². The molecule has 0 aromatic heterocycles. The number of nitriles is 2. The first kappa shape index (κ1) is 8.26. The van der Waals surface area contributed by atoms with E-state index in [2.05, 4.69) is 0 Å². The molecule has 0 saturated heterocycles. The van der Waals surface area contributed by atoms with E-state index in [1.54, 1.807) is 18.2 Å². The second kappa shape index (κ2) is 3.52. The lowest BCUT2D eigenvalue weighted by Crippen LogP contribution is -1.97. The van der Waals surface area contributed by atoms with E-state index in [0.29, 0.717) is 17.7 Å². The maximum atomic E-state index is 8.63. The van der Waals surface area contributed by atoms with Gasteiger partial charge in [0.15, 0.2) is 0 Å². The first-order valence-electron chi connectivity index (χ1n) is 3.45. The Morgan fingerprint density at radius 1 is 1.17 bits per heavy atom. The SMILES string of the molecule is N#Cc1ccc(CN)cc1C#N. The predicted molar refractivity (Wildman–Crippen MR) is 43.8 cm³/mol. The molecule has 0 saturated carbocycles. The third-order valence-corrected chi connectivity index (χ3v) is 1.56. The molecule has 0 spiro atoms. The van der Waals surface area contributed by atoms with Gasteiger partial charge in [0.05, 0.1) is 11.1 Å². The monoisotopic (exact) mass is 157 g/mol. The molecule has 0 amide bonds. The Hall–Kier alpha value is -1.84. The van der Waals surface area contributed by atoms with E-state index in [1.807, 2.05) is 12.1 Å². The van der Waals surface area contributed by atoms with Gasteiger partial charge in [-0.2, -0.15) is 10.5 Å². The van der Waals surface area contributed by atoms with Gasteiger partial charge < -0.3 is 5.73 Å². The minimum atomic E-state index is 0.389. The molecule has 58 valence electrons. The van der Waals surface area contributed by atoms with Crippen molar-refractivity contribution < 1.29 is 0 Å². The van der Waals surface area contributed by atoms with Crippen LogP contribution in [0.1, 0.15) is 16.7 Å². The van der Waals surface area contributed by atoms with Crippen molar-refractivity contribution in [3.63, 3.8) is 0 Å². The Bertz CT molecular complexity index is 368. The van der Waals surface area contributed by atoms with Crippen LogP contribution in [-0.4, -0.2) is 0 Å². The number of nitrogens with zero attached hydrogens (tertiary/aromatic N) is 2. The summed E-state index contributed by atoms with van der Waals surface area (Å²) in [6, 6.07) is 8.88. The van der Waals surface area contributed by atoms with Crippen LogP contribution in [-0.2, 0) is 6.54 Å². The van der Waals surface area contributed by atoms with E-state index in [1.165, 1.54) is 0 Å². The third-order valence-electron chi connectivity index (χ3n) is 1.56. The van der Waals surface area contributed by atoms with Crippen LogP contribution < -0.4 is 5.73 Å². The lowest BCUT2D eigenvalue weighted by molar-refractivity contribution is 1.07. The van der Waals surface area contributed by atoms with Gasteiger partial charge in [0.1, 0.15) is 12.1 Å². The Morgan fingerprint density at radius 2 is 1.83 bits per heavy atom. The van der Waals surface area contributed by atoms with E-state index in [-0.39, 0.29) is 0 Å². The molecule has 0 unspecified atom stereocenters. The van der Waals surface area contributed by atoms with Crippen molar-refractivity contribution >= 4 is 0 Å². The van der Waals surface area contributed by atoms with Crippen molar-refractivity contribution in [2.45, 2.75) is 6.54 Å². The number of nitrogens with two attached hydrogens (primary N) is 1. The summed E-state index contributed by atoms with van der Waals surface area (Å²) >= 11 is 0. The van der Waals surface area contributed by atoms with Gasteiger partial charge in [-0.05, 0) is 17.7 Å². The Balaban J connectivity index is 3.25. The van der Waals surface area contributed by atoms with Gasteiger partial charge in [0, 0.05) is 6.54 Å². The van der Waals surface area contributed by atoms with Crippen LogP contribution in [0.4, 0.5) is 0 Å². The number of rotatable bonds is 1. The zero-order valence-corrected chi connectivity index (χ0v) is 6.41. The molecule has 12 heavy (non-hydrogen) atoms. The topological polar surface area (TPSA) is 73.6 Å². The Kier molecular flexibility index (Phi) is 2.42. The minimum Gasteiger partial charge on any atom is -0.326 e. The van der Waals surface area contributed by atoms with E-state index >= 15 is 0 Å². The third kappa shape index (κ3) is 1.42. The van der Waals surface area contributed by atoms with Crippen LogP contribution in [0.3, 0.4) is 0 Å². The standard InChI is InChI=1S/C9H7N3/c10-4-7-1-2-8(5-11)9(3-7)6-12/h1-3H,4,10H2. The smallest absolute Gasteiger partial charge is 0.101 e. The van der Waals surface area contributed by atoms with Gasteiger partial charge >= 0.3 is 0 Å². The Labute approximate surface area is 70.7 Å². The van der Waals surface area contributed by atoms with Gasteiger partial charge in [0.25, 0.3) is 0 Å². The van der Waals surface area contributed by atoms with Gasteiger partial charge in [-0.15, -0.1) is 0 Å². The minimum absolute atomic E-state index is 0.389. The summed E-state index contributed by atoms with van der Waals surface area (Å²) < 4.78 is 0. The van der Waals surface area contributed by atoms with Crippen LogP contribution >= 0.6 is 0 Å². The molecular formula is C9H7N3. The summed E-state index contributed by atoms with van der Waals surface area (Å²) in [6.45, 7) is 0.389. The second-order valence-electron chi connectivity index (χ2n) is 2.31. The second-order valence-corrected chi connectivity index (χ2v) is 2.31. The van der Waals surface area contributed by atoms with Crippen LogP contribution in [0.15, 0.2) is 18.2 Å². The van der Waals surface area contributed by atoms with Crippen molar-refractivity contribution in [2.75, 3.05) is 0 Å². The predicted octanol–water partition coefficient (Wildman–Crippen LogP) is 0.889. The van der Waals surface area contributed by atoms with Gasteiger partial charge in [-0.3, -0.25) is 0 Å². The first-order chi connectivity index (χ1) is 5.81. The molecule has 0 radical (unpaired) electrons. The fourth-order valence-electron chi connectivity index (χ4n) is 0.908. The van der Waals surface area contributed by atoms with Crippen molar-refractivity contribution in [1.29, 1.82) is 10.5 Å². The molecule has 2 N–H and O–H groups in total. The average Bonchev–Trinajstić information content (AvgIpc) is 2.16. The van der Waals surface area contributed by atoms with Crippen LogP contribution in [0.2, 0.25) is 0 Å². The Morgan fingerprint density at radius 3 is 2.33 bits per heavy atom. The summed E-state index contributed by atoms with van der Waals surface area (Å²) in [7, 11) is 0. The number of hydrogen-bond donors (Lipinski definition) is 1. The molecule has 1 aromatic rings. The van der Waals surface area contributed by atoms with Crippen molar-refractivity contribution in [1.82, 2.24) is 0 Å². The fourth-order valence-corrected chi connectivity index (χ4v) is 0.908. The zero-order chi connectivity index (χ0) is 8.97. The number of hydrogen-bond acceptors (Lipinski definition) is 3. The van der Waals surface area contributed by atoms with Crippen molar-refractivity contribution in [3.05, 3.63) is 34.9 Å². The highest BCUT2D eigenvalue weighted by molar-refractivity contribution is 5.47. The lowest BCUT2D eigenvalue weighted by Gasteiger charge is -1.97. The largest absolute Gasteiger partial charge is 0.326 e. The molecule has 1 aromatic carbocycles. The summed E-state index contributed by atoms with van der Waals surface area (Å²) in [5.41, 5.74) is 7.03. The van der Waals surface area contributed by atoms with E-state index in [9.17, 15) is 0 Å². The summed E-state index contributed by atoms with van der Waals surface area (Å²) in [5, 5.41) is 17.2. The molecule has 0 atom stereocenters. The maximum absolute atomic E-state index is 8.63. The molecule has 3 heteroatoms. The zero-order valence-electron chi connectivity index (χ0n) is 6.41. The van der Waals surface area contributed by atoms with Crippen LogP contribution in [0.5, 0.6) is 0 Å². The first-order valence-corrected chi connectivity index (χ1v) is 3.45. The number of benzene rings is 1. The van der Waals surface area contributed by atoms with E-state index in [0.717, 1.165) is 5.56 Å². The summed E-state index contributed by atoms with van der Waals surface area (Å²) in [5.74, 6) is 0. The van der Waals surface area contributed by atoms with Crippen molar-refractivity contribution in [2.24, 2.45) is 5.73 Å². The molecule has 0 aliphatic heterocycles. The molecule has 0 bridgehead atoms. The lowest BCUT2D eigenvalue weighted by atomic mass is 10.1. The highest BCUT2D eigenvalue weighted by Gasteiger charge is 2.00. The summed E-state index contributed by atoms with van der Waals surface area (Å²) in [6.07, 6.45) is 0. The van der Waals surface area contributed by atoms with Gasteiger partial charge in [-0.25, -0.2) is 0 Å². The summed E-state index contributed by atoms with van der Waals surface area (Å²) in [4.78, 5) is 0. The normalized spacial score (nSPS) is 8.58. The molecular weight excluding hydrogens is 150 g/mol. The van der Waals surface area contributed by atoms with Gasteiger partial charge in [0.2, 0.25) is 0 Å². The van der Waals surface area contributed by atoms with E-state index in [4.69, 9.17) is 16.3 Å². The average molecular weight is 157 g/mol. The molecule has 0 fully saturated rings. The molecule has 1 rings (SSSR count). The van der Waals surface area contributed by atoms with E-state index < -0.39 is 0 Å². The highest BCUT2D eigenvalue weighted by atomic mass is 14.5.